The standard InChI is InChI=1S/C11H12O5/c1-14-10-4-7(2-3-9(10)13)11-15-6-8(5-12)16-11/h2-5,8,11,13H,6H2,1H3. The number of phenols is 1. The third-order valence-electron chi connectivity index (χ3n) is 2.34. The maximum absolute atomic E-state index is 10.5. The Morgan fingerprint density at radius 3 is 3.00 bits per heavy atom. The summed E-state index contributed by atoms with van der Waals surface area (Å²) in [5, 5.41) is 9.41. The largest absolute Gasteiger partial charge is 0.504 e. The number of carbonyl (C=O) groups is 1. The topological polar surface area (TPSA) is 65.0 Å². The van der Waals surface area contributed by atoms with Gasteiger partial charge in [-0.3, -0.25) is 0 Å². The van der Waals surface area contributed by atoms with Crippen LogP contribution in [0.1, 0.15) is 11.9 Å². The predicted octanol–water partition coefficient (Wildman–Crippen LogP) is 1.01. The van der Waals surface area contributed by atoms with Crippen molar-refractivity contribution in [1.82, 2.24) is 0 Å². The number of benzene rings is 1. The van der Waals surface area contributed by atoms with E-state index in [1.807, 2.05) is 0 Å². The number of rotatable bonds is 3. The molecule has 0 aromatic heterocycles. The summed E-state index contributed by atoms with van der Waals surface area (Å²) in [4.78, 5) is 10.5. The molecule has 0 saturated carbocycles. The van der Waals surface area contributed by atoms with Crippen LogP contribution in [-0.4, -0.2) is 31.2 Å². The maximum atomic E-state index is 10.5. The molecule has 2 atom stereocenters. The van der Waals surface area contributed by atoms with Crippen molar-refractivity contribution in [2.24, 2.45) is 0 Å². The summed E-state index contributed by atoms with van der Waals surface area (Å²) in [6.07, 6.45) is -0.396. The van der Waals surface area contributed by atoms with Gasteiger partial charge in [-0.25, -0.2) is 0 Å². The van der Waals surface area contributed by atoms with Gasteiger partial charge in [0, 0.05) is 5.56 Å². The van der Waals surface area contributed by atoms with Crippen molar-refractivity contribution in [3.8, 4) is 11.5 Å². The zero-order valence-electron chi connectivity index (χ0n) is 8.75. The summed E-state index contributed by atoms with van der Waals surface area (Å²) in [6.45, 7) is 0.247. The molecule has 0 aliphatic carbocycles. The smallest absolute Gasteiger partial charge is 0.185 e. The highest BCUT2D eigenvalue weighted by atomic mass is 16.7. The molecule has 16 heavy (non-hydrogen) atoms. The lowest BCUT2D eigenvalue weighted by Gasteiger charge is -2.11. The van der Waals surface area contributed by atoms with E-state index < -0.39 is 12.4 Å². The van der Waals surface area contributed by atoms with E-state index in [9.17, 15) is 9.90 Å². The number of aldehydes is 1. The summed E-state index contributed by atoms with van der Waals surface area (Å²) >= 11 is 0. The summed E-state index contributed by atoms with van der Waals surface area (Å²) < 4.78 is 15.6. The Labute approximate surface area is 92.5 Å². The van der Waals surface area contributed by atoms with Crippen LogP contribution in [0.4, 0.5) is 0 Å². The Balaban J connectivity index is 2.18. The first-order valence-corrected chi connectivity index (χ1v) is 4.84. The molecule has 5 nitrogen and oxygen atoms in total. The van der Waals surface area contributed by atoms with E-state index in [1.54, 1.807) is 12.1 Å². The number of phenolic OH excluding ortho intramolecular Hbond substituents is 1. The van der Waals surface area contributed by atoms with E-state index in [1.165, 1.54) is 13.2 Å². The molecular formula is C11H12O5. The van der Waals surface area contributed by atoms with Gasteiger partial charge in [0.05, 0.1) is 13.7 Å². The number of hydrogen-bond donors (Lipinski definition) is 1. The first-order chi connectivity index (χ1) is 7.74. The van der Waals surface area contributed by atoms with Crippen LogP contribution < -0.4 is 4.74 Å². The normalized spacial score (nSPS) is 24.3. The molecule has 86 valence electrons. The van der Waals surface area contributed by atoms with E-state index in [2.05, 4.69) is 0 Å². The molecule has 1 N–H and O–H groups in total. The Morgan fingerprint density at radius 2 is 2.38 bits per heavy atom. The van der Waals surface area contributed by atoms with Crippen molar-refractivity contribution in [3.05, 3.63) is 23.8 Å². The number of methoxy groups -OCH3 is 1. The predicted molar refractivity (Wildman–Crippen MR) is 54.3 cm³/mol. The zero-order valence-corrected chi connectivity index (χ0v) is 8.75. The molecule has 1 aromatic rings. The monoisotopic (exact) mass is 224 g/mol. The molecule has 0 radical (unpaired) electrons. The van der Waals surface area contributed by atoms with Gasteiger partial charge in [-0.2, -0.15) is 0 Å². The minimum atomic E-state index is -0.579. The molecule has 1 heterocycles. The Bertz CT molecular complexity index is 390. The van der Waals surface area contributed by atoms with E-state index in [-0.39, 0.29) is 12.4 Å². The highest BCUT2D eigenvalue weighted by molar-refractivity contribution is 5.56. The Morgan fingerprint density at radius 1 is 1.56 bits per heavy atom. The Kier molecular flexibility index (Phi) is 3.07. The van der Waals surface area contributed by atoms with Crippen molar-refractivity contribution >= 4 is 6.29 Å². The van der Waals surface area contributed by atoms with Gasteiger partial charge in [-0.05, 0) is 12.1 Å². The van der Waals surface area contributed by atoms with Gasteiger partial charge in [0.25, 0.3) is 0 Å². The van der Waals surface area contributed by atoms with Crippen LogP contribution in [0.25, 0.3) is 0 Å². The van der Waals surface area contributed by atoms with Gasteiger partial charge in [-0.15, -0.1) is 0 Å². The number of carbonyl (C=O) groups excluding carboxylic acids is 1. The van der Waals surface area contributed by atoms with Gasteiger partial charge < -0.3 is 24.1 Å². The lowest BCUT2D eigenvalue weighted by molar-refractivity contribution is -0.119. The number of hydrogen-bond acceptors (Lipinski definition) is 5. The second-order valence-electron chi connectivity index (χ2n) is 3.41. The lowest BCUT2D eigenvalue weighted by Crippen LogP contribution is -2.10. The van der Waals surface area contributed by atoms with Crippen molar-refractivity contribution in [1.29, 1.82) is 0 Å². The first-order valence-electron chi connectivity index (χ1n) is 4.84. The second-order valence-corrected chi connectivity index (χ2v) is 3.41. The van der Waals surface area contributed by atoms with Crippen LogP contribution in [0, 0.1) is 0 Å². The molecule has 1 saturated heterocycles. The third kappa shape index (κ3) is 2.00. The van der Waals surface area contributed by atoms with Crippen LogP contribution in [0.15, 0.2) is 18.2 Å². The fraction of sp³-hybridized carbons (Fsp3) is 0.364. The van der Waals surface area contributed by atoms with Gasteiger partial charge in [0.1, 0.15) is 6.10 Å². The molecule has 2 rings (SSSR count). The third-order valence-corrected chi connectivity index (χ3v) is 2.34. The molecule has 2 unspecified atom stereocenters. The molecule has 1 aliphatic rings. The Hall–Kier alpha value is -1.59. The lowest BCUT2D eigenvalue weighted by atomic mass is 10.2. The van der Waals surface area contributed by atoms with Crippen LogP contribution in [0.3, 0.4) is 0 Å². The summed E-state index contributed by atoms with van der Waals surface area (Å²) in [6, 6.07) is 4.78. The van der Waals surface area contributed by atoms with Crippen LogP contribution in [0.2, 0.25) is 0 Å². The highest BCUT2D eigenvalue weighted by Gasteiger charge is 2.27. The average molecular weight is 224 g/mol. The summed E-state index contributed by atoms with van der Waals surface area (Å²) in [7, 11) is 1.46. The van der Waals surface area contributed by atoms with E-state index in [0.29, 0.717) is 17.6 Å². The zero-order chi connectivity index (χ0) is 11.5. The van der Waals surface area contributed by atoms with Crippen molar-refractivity contribution in [2.75, 3.05) is 13.7 Å². The quantitative estimate of drug-likeness (QED) is 0.776. The van der Waals surface area contributed by atoms with Crippen LogP contribution in [-0.2, 0) is 14.3 Å². The van der Waals surface area contributed by atoms with E-state index in [0.717, 1.165) is 0 Å². The molecule has 1 aliphatic heterocycles. The maximum Gasteiger partial charge on any atom is 0.185 e. The minimum absolute atomic E-state index is 0.0520. The summed E-state index contributed by atoms with van der Waals surface area (Å²) in [5.41, 5.74) is 0.707. The number of aromatic hydroxyl groups is 1. The van der Waals surface area contributed by atoms with Gasteiger partial charge in [0.2, 0.25) is 0 Å². The SMILES string of the molecule is COc1cc(C2OCC(C=O)O2)ccc1O. The molecular weight excluding hydrogens is 212 g/mol. The first kappa shape index (κ1) is 10.9. The average Bonchev–Trinajstić information content (AvgIpc) is 2.78. The van der Waals surface area contributed by atoms with Crippen molar-refractivity contribution in [3.63, 3.8) is 0 Å². The van der Waals surface area contributed by atoms with Crippen molar-refractivity contribution < 1.29 is 24.1 Å². The van der Waals surface area contributed by atoms with Crippen LogP contribution in [0.5, 0.6) is 11.5 Å². The van der Waals surface area contributed by atoms with E-state index >= 15 is 0 Å². The van der Waals surface area contributed by atoms with Gasteiger partial charge in [-0.1, -0.05) is 6.07 Å². The number of ether oxygens (including phenoxy) is 3. The minimum Gasteiger partial charge on any atom is -0.504 e. The van der Waals surface area contributed by atoms with Gasteiger partial charge >= 0.3 is 0 Å². The fourth-order valence-corrected chi connectivity index (χ4v) is 1.51. The summed E-state index contributed by atoms with van der Waals surface area (Å²) in [5.74, 6) is 0.399. The molecule has 1 fully saturated rings. The van der Waals surface area contributed by atoms with Crippen LogP contribution >= 0.6 is 0 Å². The second kappa shape index (κ2) is 4.51. The molecule has 5 heteroatoms. The molecule has 0 spiro atoms. The molecule has 0 amide bonds. The highest BCUT2D eigenvalue weighted by Crippen LogP contribution is 2.33. The molecule has 0 bridgehead atoms. The van der Waals surface area contributed by atoms with Gasteiger partial charge in [0.15, 0.2) is 24.1 Å². The fourth-order valence-electron chi connectivity index (χ4n) is 1.51. The van der Waals surface area contributed by atoms with E-state index in [4.69, 9.17) is 14.2 Å². The molecule has 1 aromatic carbocycles. The van der Waals surface area contributed by atoms with Crippen molar-refractivity contribution in [2.45, 2.75) is 12.4 Å².